The Kier molecular flexibility index (Phi) is 10.0. The highest BCUT2D eigenvalue weighted by Crippen LogP contribution is 2.41. The molecule has 1 saturated heterocycles. The van der Waals surface area contributed by atoms with Crippen LogP contribution in [0.5, 0.6) is 11.6 Å². The fraction of sp³-hybridized carbons (Fsp3) is 0.462. The van der Waals surface area contributed by atoms with E-state index in [0.717, 1.165) is 47.7 Å². The van der Waals surface area contributed by atoms with Gasteiger partial charge in [-0.05, 0) is 88.6 Å². The largest absolute Gasteiger partial charge is 0.444 e. The Hall–Kier alpha value is -4.73. The molecule has 0 spiro atoms. The number of pyridine rings is 1. The van der Waals surface area contributed by atoms with Crippen molar-refractivity contribution in [2.45, 2.75) is 97.6 Å². The van der Waals surface area contributed by atoms with Crippen molar-refractivity contribution in [3.8, 4) is 22.9 Å². The molecule has 258 valence electrons. The third-order valence-electron chi connectivity index (χ3n) is 9.44. The van der Waals surface area contributed by atoms with Crippen molar-refractivity contribution < 1.29 is 19.1 Å². The van der Waals surface area contributed by atoms with Crippen molar-refractivity contribution in [2.75, 3.05) is 23.7 Å². The molecule has 10 nitrogen and oxygen atoms in total. The summed E-state index contributed by atoms with van der Waals surface area (Å²) in [7, 11) is 0. The normalized spacial score (nSPS) is 17.7. The van der Waals surface area contributed by atoms with Crippen LogP contribution in [0.25, 0.3) is 22.0 Å². The van der Waals surface area contributed by atoms with E-state index in [9.17, 15) is 9.59 Å². The lowest BCUT2D eigenvalue weighted by Gasteiger charge is -2.34. The van der Waals surface area contributed by atoms with E-state index in [1.165, 1.54) is 19.3 Å². The minimum atomic E-state index is -0.548. The molecule has 6 rings (SSSR count). The number of carbonyl (C=O) groups excluding carboxylic acids is 2. The molecule has 2 aliphatic rings. The van der Waals surface area contributed by atoms with Gasteiger partial charge in [0.15, 0.2) is 0 Å². The van der Waals surface area contributed by atoms with E-state index >= 15 is 0 Å². The summed E-state index contributed by atoms with van der Waals surface area (Å²) >= 11 is 0. The monoisotopic (exact) mass is 664 g/mol. The van der Waals surface area contributed by atoms with E-state index in [1.54, 1.807) is 17.3 Å². The Morgan fingerprint density at radius 2 is 1.78 bits per heavy atom. The van der Waals surface area contributed by atoms with Gasteiger partial charge < -0.3 is 25.0 Å². The molecule has 1 atom stereocenters. The van der Waals surface area contributed by atoms with Crippen LogP contribution in [0.2, 0.25) is 0 Å². The number of hydrogen-bond donors (Lipinski definition) is 2. The summed E-state index contributed by atoms with van der Waals surface area (Å²) in [5.41, 5.74) is 2.59. The molecule has 3 heterocycles. The van der Waals surface area contributed by atoms with Gasteiger partial charge >= 0.3 is 6.09 Å². The van der Waals surface area contributed by atoms with Crippen LogP contribution in [0.4, 0.5) is 16.4 Å². The Morgan fingerprint density at radius 3 is 2.57 bits per heavy atom. The number of aromatic nitrogens is 3. The molecule has 2 N–H and O–H groups in total. The Labute approximate surface area is 289 Å². The number of aryl methyl sites for hydroxylation is 1. The van der Waals surface area contributed by atoms with Crippen molar-refractivity contribution in [3.63, 3.8) is 0 Å². The number of anilines is 2. The van der Waals surface area contributed by atoms with Crippen LogP contribution in [-0.2, 0) is 9.53 Å². The van der Waals surface area contributed by atoms with Crippen molar-refractivity contribution >= 4 is 34.4 Å². The molecule has 1 aliphatic heterocycles. The van der Waals surface area contributed by atoms with E-state index < -0.39 is 5.60 Å². The number of rotatable bonds is 8. The highest BCUT2D eigenvalue weighted by molar-refractivity contribution is 6.04. The highest BCUT2D eigenvalue weighted by Gasteiger charge is 2.30. The third kappa shape index (κ3) is 8.47. The number of ether oxygens (including phenoxy) is 2. The SMILES string of the molecule is Cc1ccc2c(NC(=O)CC3(C)CCCCC3)cccc2c1Oc1ncccc1-c1ccnc(N[C@H]2CCCN(C(=O)OC(C)(C)C)C2)n1. The smallest absolute Gasteiger partial charge is 0.410 e. The van der Waals surface area contributed by atoms with Gasteiger partial charge in [0.05, 0.1) is 11.3 Å². The van der Waals surface area contributed by atoms with Crippen molar-refractivity contribution in [3.05, 3.63) is 66.5 Å². The van der Waals surface area contributed by atoms with Gasteiger partial charge in [-0.3, -0.25) is 4.79 Å². The maximum absolute atomic E-state index is 13.2. The summed E-state index contributed by atoms with van der Waals surface area (Å²) in [5.74, 6) is 1.60. The average Bonchev–Trinajstić information content (AvgIpc) is 3.06. The van der Waals surface area contributed by atoms with Gasteiger partial charge in [-0.2, -0.15) is 0 Å². The second-order valence-corrected chi connectivity index (χ2v) is 14.8. The van der Waals surface area contributed by atoms with Gasteiger partial charge in [-0.1, -0.05) is 50.5 Å². The van der Waals surface area contributed by atoms with Crippen molar-refractivity contribution in [1.29, 1.82) is 0 Å². The number of carbonyl (C=O) groups is 2. The molecule has 2 aromatic heterocycles. The Morgan fingerprint density at radius 1 is 0.959 bits per heavy atom. The van der Waals surface area contributed by atoms with E-state index in [0.29, 0.717) is 48.3 Å². The molecule has 1 saturated carbocycles. The number of fused-ring (bicyclic) bond motifs is 1. The van der Waals surface area contributed by atoms with E-state index in [-0.39, 0.29) is 23.5 Å². The second-order valence-electron chi connectivity index (χ2n) is 14.8. The molecule has 4 aromatic rings. The summed E-state index contributed by atoms with van der Waals surface area (Å²) in [6, 6.07) is 15.6. The maximum atomic E-state index is 13.2. The van der Waals surface area contributed by atoms with Crippen LogP contribution >= 0.6 is 0 Å². The molecule has 49 heavy (non-hydrogen) atoms. The molecule has 10 heteroatoms. The van der Waals surface area contributed by atoms with Crippen LogP contribution in [0.15, 0.2) is 60.9 Å². The van der Waals surface area contributed by atoms with E-state index in [1.807, 2.05) is 76.2 Å². The van der Waals surface area contributed by atoms with Gasteiger partial charge in [0, 0.05) is 54.4 Å². The number of piperidine rings is 1. The summed E-state index contributed by atoms with van der Waals surface area (Å²) < 4.78 is 12.2. The number of amides is 2. The highest BCUT2D eigenvalue weighted by atomic mass is 16.6. The van der Waals surface area contributed by atoms with Crippen LogP contribution in [-0.4, -0.2) is 56.6 Å². The summed E-state index contributed by atoms with van der Waals surface area (Å²) in [6.07, 6.45) is 11.2. The fourth-order valence-electron chi connectivity index (χ4n) is 6.96. The molecular formula is C39H48N6O4. The first-order valence-corrected chi connectivity index (χ1v) is 17.5. The fourth-order valence-corrected chi connectivity index (χ4v) is 6.96. The minimum Gasteiger partial charge on any atom is -0.444 e. The van der Waals surface area contributed by atoms with Crippen LogP contribution in [0.3, 0.4) is 0 Å². The van der Waals surface area contributed by atoms with Gasteiger partial charge in [-0.25, -0.2) is 19.7 Å². The molecular weight excluding hydrogens is 616 g/mol. The first kappa shape index (κ1) is 34.1. The lowest BCUT2D eigenvalue weighted by atomic mass is 9.73. The second kappa shape index (κ2) is 14.4. The number of nitrogens with one attached hydrogen (secondary N) is 2. The molecule has 0 unspecified atom stereocenters. The minimum absolute atomic E-state index is 0.0142. The van der Waals surface area contributed by atoms with Crippen LogP contribution in [0.1, 0.15) is 84.6 Å². The maximum Gasteiger partial charge on any atom is 0.410 e. The topological polar surface area (TPSA) is 119 Å². The van der Waals surface area contributed by atoms with Crippen molar-refractivity contribution in [2.24, 2.45) is 5.41 Å². The zero-order valence-electron chi connectivity index (χ0n) is 29.3. The molecule has 0 radical (unpaired) electrons. The molecule has 2 aromatic carbocycles. The number of hydrogen-bond acceptors (Lipinski definition) is 8. The first-order chi connectivity index (χ1) is 23.5. The molecule has 0 bridgehead atoms. The quantitative estimate of drug-likeness (QED) is 0.192. The standard InChI is InChI=1S/C39H48N6O4/c1-26-16-17-28-29(13-9-15-31(28)43-33(46)24-39(5)19-7-6-8-20-39)34(26)48-35-30(14-10-21-40-35)32-18-22-41-36(44-32)42-27-12-11-23-45(25-27)37(47)49-38(2,3)4/h9-10,13-18,21-22,27H,6-8,11-12,19-20,23-25H2,1-5H3,(H,43,46)(H,41,42,44)/t27-/m0/s1. The van der Waals surface area contributed by atoms with E-state index in [4.69, 9.17) is 14.5 Å². The van der Waals surface area contributed by atoms with Gasteiger partial charge in [0.2, 0.25) is 17.7 Å². The van der Waals surface area contributed by atoms with Crippen molar-refractivity contribution in [1.82, 2.24) is 19.9 Å². The van der Waals surface area contributed by atoms with Gasteiger partial charge in [0.25, 0.3) is 0 Å². The van der Waals surface area contributed by atoms with E-state index in [2.05, 4.69) is 27.5 Å². The molecule has 2 fully saturated rings. The average molecular weight is 665 g/mol. The van der Waals surface area contributed by atoms with Crippen LogP contribution in [0, 0.1) is 12.3 Å². The molecule has 2 amide bonds. The summed E-state index contributed by atoms with van der Waals surface area (Å²) in [4.78, 5) is 41.6. The molecule has 1 aliphatic carbocycles. The Bertz CT molecular complexity index is 1810. The lowest BCUT2D eigenvalue weighted by Crippen LogP contribution is -2.47. The predicted octanol–water partition coefficient (Wildman–Crippen LogP) is 8.90. The zero-order valence-corrected chi connectivity index (χ0v) is 29.3. The zero-order chi connectivity index (χ0) is 34.6. The van der Waals surface area contributed by atoms with Gasteiger partial charge in [0.1, 0.15) is 11.4 Å². The number of nitrogens with zero attached hydrogens (tertiary/aromatic N) is 4. The summed E-state index contributed by atoms with van der Waals surface area (Å²) in [5, 5.41) is 8.42. The predicted molar refractivity (Wildman–Crippen MR) is 193 cm³/mol. The number of likely N-dealkylation sites (tertiary alicyclic amines) is 1. The number of benzene rings is 2. The lowest BCUT2D eigenvalue weighted by molar-refractivity contribution is -0.118. The first-order valence-electron chi connectivity index (χ1n) is 17.5. The van der Waals surface area contributed by atoms with Gasteiger partial charge in [-0.15, -0.1) is 0 Å². The third-order valence-corrected chi connectivity index (χ3v) is 9.44. The Balaban J connectivity index is 1.21. The summed E-state index contributed by atoms with van der Waals surface area (Å²) in [6.45, 7) is 11.0. The van der Waals surface area contributed by atoms with Crippen LogP contribution < -0.4 is 15.4 Å².